The normalized spacial score (nSPS) is 21.6. The van der Waals surface area contributed by atoms with Crippen molar-refractivity contribution >= 4 is 19.4 Å². The predicted octanol–water partition coefficient (Wildman–Crippen LogP) is 1.47. The van der Waals surface area contributed by atoms with Gasteiger partial charge in [-0.25, -0.2) is 0 Å². The van der Waals surface area contributed by atoms with Gasteiger partial charge in [-0.3, -0.25) is 0 Å². The summed E-state index contributed by atoms with van der Waals surface area (Å²) in [4.78, 5) is 26.6. The molecule has 4 rings (SSSR count). The number of ether oxygens (including phenoxy) is 5. The molecule has 9 nitrogen and oxygen atoms in total. The Morgan fingerprint density at radius 1 is 0.972 bits per heavy atom. The molecule has 1 N–H and O–H groups in total. The molecule has 192 valence electrons. The number of nitrogens with one attached hydrogen (secondary N) is 1. The van der Waals surface area contributed by atoms with Gasteiger partial charge in [0.2, 0.25) is 0 Å². The van der Waals surface area contributed by atoms with Crippen LogP contribution in [0.3, 0.4) is 0 Å². The van der Waals surface area contributed by atoms with Gasteiger partial charge in [0.05, 0.1) is 0 Å². The Morgan fingerprint density at radius 2 is 1.72 bits per heavy atom. The zero-order valence-electron chi connectivity index (χ0n) is 20.0. The summed E-state index contributed by atoms with van der Waals surface area (Å²) in [7, 11) is 1.61. The molecule has 10 heteroatoms. The molecule has 0 aliphatic carbocycles. The first kappa shape index (κ1) is 26.5. The van der Waals surface area contributed by atoms with Crippen molar-refractivity contribution in [3.63, 3.8) is 0 Å². The fourth-order valence-electron chi connectivity index (χ4n) is 3.87. The van der Waals surface area contributed by atoms with Crippen molar-refractivity contribution in [2.75, 3.05) is 33.7 Å². The van der Waals surface area contributed by atoms with Crippen molar-refractivity contribution < 1.29 is 23.7 Å². The van der Waals surface area contributed by atoms with E-state index >= 15 is 0 Å². The van der Waals surface area contributed by atoms with Gasteiger partial charge >= 0.3 is 216 Å². The van der Waals surface area contributed by atoms with E-state index in [9.17, 15) is 9.59 Å². The van der Waals surface area contributed by atoms with Gasteiger partial charge in [-0.2, -0.15) is 0 Å². The Hall–Kier alpha value is -2.56. The first-order valence-electron chi connectivity index (χ1n) is 11.6. The van der Waals surface area contributed by atoms with Crippen LogP contribution in [0.5, 0.6) is 0 Å². The third-order valence-electron chi connectivity index (χ3n) is 5.59. The molecule has 1 fully saturated rings. The summed E-state index contributed by atoms with van der Waals surface area (Å²) in [5.41, 5.74) is 0.0626. The van der Waals surface area contributed by atoms with Crippen LogP contribution in [0.25, 0.3) is 0 Å². The molecule has 1 aliphatic heterocycles. The maximum absolute atomic E-state index is 12.7. The molecule has 0 saturated carbocycles. The summed E-state index contributed by atoms with van der Waals surface area (Å²) in [6.45, 7) is 1.61. The third kappa shape index (κ3) is 7.24. The van der Waals surface area contributed by atoms with E-state index < -0.39 is 23.6 Å². The zero-order valence-corrected chi connectivity index (χ0v) is 21.7. The van der Waals surface area contributed by atoms with Crippen LogP contribution in [0.1, 0.15) is 11.8 Å². The number of aromatic nitrogens is 2. The second-order valence-electron chi connectivity index (χ2n) is 8.13. The Bertz CT molecular complexity index is 1170. The van der Waals surface area contributed by atoms with Crippen molar-refractivity contribution in [1.29, 1.82) is 0 Å². The van der Waals surface area contributed by atoms with Gasteiger partial charge in [-0.1, -0.05) is 0 Å². The second kappa shape index (κ2) is 13.7. The van der Waals surface area contributed by atoms with Crippen molar-refractivity contribution in [2.24, 2.45) is 0 Å². The van der Waals surface area contributed by atoms with Crippen molar-refractivity contribution in [3.8, 4) is 0 Å². The molecule has 2 aromatic carbocycles. The fraction of sp³-hybridized carbons (Fsp3) is 0.385. The number of rotatable bonds is 13. The van der Waals surface area contributed by atoms with Crippen molar-refractivity contribution in [3.05, 3.63) is 99.3 Å². The van der Waals surface area contributed by atoms with Gasteiger partial charge in [-0.05, 0) is 0 Å². The SMILES string of the molecule is COCCOCOC[C@H]1O[C@H](n2ccc(=O)[nH]c2=O)[C@@H]([Se]c2ccccc2)[C@@H]1OCc1ccccc1. The molecule has 0 bridgehead atoms. The van der Waals surface area contributed by atoms with Crippen LogP contribution in [-0.2, 0) is 30.3 Å². The molecular formula is C26H30N2O7Se. The fourth-order valence-corrected chi connectivity index (χ4v) is 6.65. The van der Waals surface area contributed by atoms with E-state index in [1.165, 1.54) is 16.8 Å². The van der Waals surface area contributed by atoms with Crippen LogP contribution in [0.2, 0.25) is 4.82 Å². The number of aromatic amines is 1. The van der Waals surface area contributed by atoms with Gasteiger partial charge in [0.15, 0.2) is 0 Å². The molecule has 4 atom stereocenters. The summed E-state index contributed by atoms with van der Waals surface area (Å²) in [5.74, 6) is 0. The minimum absolute atomic E-state index is 0.0897. The summed E-state index contributed by atoms with van der Waals surface area (Å²) >= 11 is -0.105. The van der Waals surface area contributed by atoms with Crippen LogP contribution in [0, 0.1) is 0 Å². The van der Waals surface area contributed by atoms with Crippen molar-refractivity contribution in [2.45, 2.75) is 29.9 Å². The number of hydrogen-bond acceptors (Lipinski definition) is 7. The van der Waals surface area contributed by atoms with E-state index in [1.807, 2.05) is 48.5 Å². The molecule has 2 heterocycles. The van der Waals surface area contributed by atoms with E-state index in [-0.39, 0.29) is 39.3 Å². The van der Waals surface area contributed by atoms with E-state index in [0.717, 1.165) is 10.0 Å². The predicted molar refractivity (Wildman–Crippen MR) is 134 cm³/mol. The van der Waals surface area contributed by atoms with Gasteiger partial charge in [0.25, 0.3) is 0 Å². The van der Waals surface area contributed by atoms with Crippen LogP contribution in [0.15, 0.2) is 82.5 Å². The quantitative estimate of drug-likeness (QED) is 0.192. The third-order valence-corrected chi connectivity index (χ3v) is 8.36. The van der Waals surface area contributed by atoms with Crippen LogP contribution in [-0.4, -0.2) is 70.4 Å². The molecule has 1 saturated heterocycles. The van der Waals surface area contributed by atoms with Crippen LogP contribution >= 0.6 is 0 Å². The Kier molecular flexibility index (Phi) is 10.1. The number of benzene rings is 2. The Labute approximate surface area is 215 Å². The number of H-pyrrole nitrogens is 1. The van der Waals surface area contributed by atoms with Gasteiger partial charge in [0, 0.05) is 0 Å². The average Bonchev–Trinajstić information content (AvgIpc) is 3.22. The first-order chi connectivity index (χ1) is 17.7. The van der Waals surface area contributed by atoms with Crippen LogP contribution < -0.4 is 15.7 Å². The van der Waals surface area contributed by atoms with E-state index in [1.54, 1.807) is 7.11 Å². The second-order valence-corrected chi connectivity index (χ2v) is 10.8. The number of methoxy groups -OCH3 is 1. The molecule has 0 unspecified atom stereocenters. The van der Waals surface area contributed by atoms with E-state index in [0.29, 0.717) is 19.8 Å². The summed E-state index contributed by atoms with van der Waals surface area (Å²) in [5, 5.41) is 0. The summed E-state index contributed by atoms with van der Waals surface area (Å²) in [6, 6.07) is 21.3. The van der Waals surface area contributed by atoms with E-state index in [2.05, 4.69) is 17.1 Å². The van der Waals surface area contributed by atoms with E-state index in [4.69, 9.17) is 23.7 Å². The minimum atomic E-state index is -0.627. The molecule has 0 spiro atoms. The van der Waals surface area contributed by atoms with Gasteiger partial charge < -0.3 is 0 Å². The molecular weight excluding hydrogens is 531 g/mol. The monoisotopic (exact) mass is 562 g/mol. The topological polar surface area (TPSA) is 101 Å². The molecule has 1 aromatic heterocycles. The number of hydrogen-bond donors (Lipinski definition) is 1. The molecule has 0 amide bonds. The van der Waals surface area contributed by atoms with Gasteiger partial charge in [-0.15, -0.1) is 0 Å². The maximum atomic E-state index is 12.7. The zero-order chi connectivity index (χ0) is 25.2. The first-order valence-corrected chi connectivity index (χ1v) is 13.5. The summed E-state index contributed by atoms with van der Waals surface area (Å²) < 4.78 is 31.6. The van der Waals surface area contributed by atoms with Gasteiger partial charge in [0.1, 0.15) is 0 Å². The standard InChI is InChI=1S/C26H30N2O7Se/c1-31-14-15-32-18-33-17-21-23(34-16-19-8-4-2-5-9-19)24(36-20-10-6-3-7-11-20)25(35-21)28-13-12-22(29)27-26(28)30/h2-13,21,23-25H,14-18H2,1H3,(H,27,29,30)/t21-,23-,24+,25+/m1/s1. The molecule has 3 aromatic rings. The summed E-state index contributed by atoms with van der Waals surface area (Å²) in [6.07, 6.45) is 0.0522. The molecule has 36 heavy (non-hydrogen) atoms. The Morgan fingerprint density at radius 3 is 2.44 bits per heavy atom. The number of nitrogens with zero attached hydrogens (tertiary/aromatic N) is 1. The molecule has 0 radical (unpaired) electrons. The van der Waals surface area contributed by atoms with Crippen LogP contribution in [0.4, 0.5) is 0 Å². The molecule has 1 aliphatic rings. The Balaban J connectivity index is 1.58. The van der Waals surface area contributed by atoms with Crippen molar-refractivity contribution in [1.82, 2.24) is 9.55 Å². The average molecular weight is 561 g/mol.